The van der Waals surface area contributed by atoms with Crippen LogP contribution in [0.3, 0.4) is 0 Å². The molecule has 0 aromatic heterocycles. The number of carbonyl (C=O) groups is 1. The first-order chi connectivity index (χ1) is 4.25. The number of hydrogen-bond acceptors (Lipinski definition) is 2. The molecule has 1 unspecified atom stereocenters. The van der Waals surface area contributed by atoms with Crippen molar-refractivity contribution in [3.05, 3.63) is 6.92 Å². The van der Waals surface area contributed by atoms with Gasteiger partial charge < -0.3 is 10.0 Å². The molecule has 1 radical (unpaired) electrons. The van der Waals surface area contributed by atoms with Crippen molar-refractivity contribution < 1.29 is 9.90 Å². The smallest absolute Gasteiger partial charge is 0.211 e. The minimum atomic E-state index is -0.866. The van der Waals surface area contributed by atoms with Gasteiger partial charge in [0.25, 0.3) is 0 Å². The zero-order valence-electron chi connectivity index (χ0n) is 5.16. The van der Waals surface area contributed by atoms with Gasteiger partial charge in [-0.25, -0.2) is 0 Å². The second-order valence-electron chi connectivity index (χ2n) is 2.26. The topological polar surface area (TPSA) is 40.5 Å². The van der Waals surface area contributed by atoms with Gasteiger partial charge in [0.1, 0.15) is 6.23 Å². The molecule has 1 fully saturated rings. The third-order valence-corrected chi connectivity index (χ3v) is 1.43. The van der Waals surface area contributed by atoms with E-state index in [-0.39, 0.29) is 6.04 Å². The van der Waals surface area contributed by atoms with Gasteiger partial charge in [0.2, 0.25) is 6.41 Å². The van der Waals surface area contributed by atoms with Crippen LogP contribution < -0.4 is 0 Å². The summed E-state index contributed by atoms with van der Waals surface area (Å²) in [5.41, 5.74) is 0. The summed E-state index contributed by atoms with van der Waals surface area (Å²) < 4.78 is 0. The van der Waals surface area contributed by atoms with Crippen molar-refractivity contribution in [3.8, 4) is 0 Å². The maximum Gasteiger partial charge on any atom is 0.211 e. The van der Waals surface area contributed by atoms with Crippen LogP contribution in [0.5, 0.6) is 0 Å². The quantitative estimate of drug-likeness (QED) is 0.421. The molecule has 0 saturated heterocycles. The van der Waals surface area contributed by atoms with Crippen molar-refractivity contribution in [2.24, 2.45) is 0 Å². The summed E-state index contributed by atoms with van der Waals surface area (Å²) in [6.45, 7) is 3.32. The first kappa shape index (κ1) is 6.55. The molecule has 1 atom stereocenters. The van der Waals surface area contributed by atoms with Crippen LogP contribution in [0.25, 0.3) is 0 Å². The zero-order chi connectivity index (χ0) is 6.85. The Balaban J connectivity index is 2.37. The largest absolute Gasteiger partial charge is 0.374 e. The molecule has 1 N–H and O–H groups in total. The third-order valence-electron chi connectivity index (χ3n) is 1.43. The molecule has 0 bridgehead atoms. The molecular weight excluding hydrogens is 118 g/mol. The van der Waals surface area contributed by atoms with Crippen molar-refractivity contribution in [2.75, 3.05) is 0 Å². The van der Waals surface area contributed by atoms with Gasteiger partial charge in [-0.3, -0.25) is 4.79 Å². The minimum Gasteiger partial charge on any atom is -0.374 e. The van der Waals surface area contributed by atoms with E-state index in [9.17, 15) is 4.79 Å². The highest BCUT2D eigenvalue weighted by Crippen LogP contribution is 2.26. The predicted octanol–water partition coefficient (Wildman–Crippen LogP) is -0.240. The fraction of sp³-hybridized carbons (Fsp3) is 0.667. The van der Waals surface area contributed by atoms with E-state index in [1.165, 1.54) is 4.90 Å². The van der Waals surface area contributed by atoms with Crippen LogP contribution in [0, 0.1) is 6.92 Å². The lowest BCUT2D eigenvalue weighted by molar-refractivity contribution is -0.125. The van der Waals surface area contributed by atoms with E-state index in [0.717, 1.165) is 12.8 Å². The van der Waals surface area contributed by atoms with E-state index in [1.807, 2.05) is 0 Å². The minimum absolute atomic E-state index is 0.259. The SMILES string of the molecule is [CH2]C(O)N(C=O)C1CC1. The van der Waals surface area contributed by atoms with Crippen LogP contribution in [0.2, 0.25) is 0 Å². The number of aliphatic hydroxyl groups is 1. The molecule has 9 heavy (non-hydrogen) atoms. The summed E-state index contributed by atoms with van der Waals surface area (Å²) in [4.78, 5) is 11.5. The second-order valence-corrected chi connectivity index (χ2v) is 2.26. The van der Waals surface area contributed by atoms with E-state index in [1.54, 1.807) is 0 Å². The van der Waals surface area contributed by atoms with E-state index < -0.39 is 6.23 Å². The third kappa shape index (κ3) is 1.42. The highest BCUT2D eigenvalue weighted by atomic mass is 16.3. The molecule has 3 heteroatoms. The van der Waals surface area contributed by atoms with Crippen molar-refractivity contribution >= 4 is 6.41 Å². The lowest BCUT2D eigenvalue weighted by atomic mass is 10.5. The number of aliphatic hydroxyl groups excluding tert-OH is 1. The van der Waals surface area contributed by atoms with Crippen molar-refractivity contribution in [3.63, 3.8) is 0 Å². The Morgan fingerprint density at radius 1 is 1.78 bits per heavy atom. The molecule has 3 nitrogen and oxygen atoms in total. The molecule has 1 aliphatic rings. The summed E-state index contributed by atoms with van der Waals surface area (Å²) in [7, 11) is 0. The van der Waals surface area contributed by atoms with E-state index in [2.05, 4.69) is 6.92 Å². The van der Waals surface area contributed by atoms with Gasteiger partial charge in [0, 0.05) is 6.04 Å². The van der Waals surface area contributed by atoms with E-state index in [0.29, 0.717) is 6.41 Å². The summed E-state index contributed by atoms with van der Waals surface area (Å²) >= 11 is 0. The average molecular weight is 128 g/mol. The zero-order valence-corrected chi connectivity index (χ0v) is 5.16. The summed E-state index contributed by atoms with van der Waals surface area (Å²) in [5.74, 6) is 0. The summed E-state index contributed by atoms with van der Waals surface area (Å²) in [5, 5.41) is 8.81. The second kappa shape index (κ2) is 2.35. The first-order valence-corrected chi connectivity index (χ1v) is 2.99. The van der Waals surface area contributed by atoms with Crippen LogP contribution in [-0.4, -0.2) is 28.7 Å². The fourth-order valence-electron chi connectivity index (χ4n) is 0.772. The Labute approximate surface area is 54.3 Å². The monoisotopic (exact) mass is 128 g/mol. The Hall–Kier alpha value is -0.570. The van der Waals surface area contributed by atoms with Gasteiger partial charge in [-0.1, -0.05) is 0 Å². The van der Waals surface area contributed by atoms with Crippen LogP contribution >= 0.6 is 0 Å². The molecular formula is C6H10NO2. The average Bonchev–Trinajstić information content (AvgIpc) is 2.50. The standard InChI is InChI=1S/C6H10NO2/c1-5(9)7(4-8)6-2-3-6/h4-6,9H,1-3H2. The summed E-state index contributed by atoms with van der Waals surface area (Å²) in [6, 6.07) is 0.259. The number of nitrogens with zero attached hydrogens (tertiary/aromatic N) is 1. The first-order valence-electron chi connectivity index (χ1n) is 2.99. The molecule has 1 aliphatic carbocycles. The van der Waals surface area contributed by atoms with Crippen LogP contribution in [0.4, 0.5) is 0 Å². The fourth-order valence-corrected chi connectivity index (χ4v) is 0.772. The van der Waals surface area contributed by atoms with E-state index >= 15 is 0 Å². The van der Waals surface area contributed by atoms with Crippen molar-refractivity contribution in [2.45, 2.75) is 25.1 Å². The Bertz CT molecular complexity index is 108. The molecule has 0 aromatic rings. The molecule has 51 valence electrons. The number of amides is 1. The lowest BCUT2D eigenvalue weighted by Gasteiger charge is -2.18. The van der Waals surface area contributed by atoms with Gasteiger partial charge in [-0.05, 0) is 19.8 Å². The number of hydrogen-bond donors (Lipinski definition) is 1. The van der Waals surface area contributed by atoms with E-state index in [4.69, 9.17) is 5.11 Å². The molecule has 0 aliphatic heterocycles. The highest BCUT2D eigenvalue weighted by Gasteiger charge is 2.30. The van der Waals surface area contributed by atoms with Gasteiger partial charge in [0.05, 0.1) is 0 Å². The summed E-state index contributed by atoms with van der Waals surface area (Å²) in [6.07, 6.45) is 1.79. The molecule has 1 saturated carbocycles. The van der Waals surface area contributed by atoms with Crippen molar-refractivity contribution in [1.82, 2.24) is 4.90 Å². The van der Waals surface area contributed by atoms with Crippen molar-refractivity contribution in [1.29, 1.82) is 0 Å². The van der Waals surface area contributed by atoms with Gasteiger partial charge in [0.15, 0.2) is 0 Å². The molecule has 0 spiro atoms. The van der Waals surface area contributed by atoms with Gasteiger partial charge >= 0.3 is 0 Å². The molecule has 1 rings (SSSR count). The highest BCUT2D eigenvalue weighted by molar-refractivity contribution is 5.49. The molecule has 0 heterocycles. The predicted molar refractivity (Wildman–Crippen MR) is 32.3 cm³/mol. The number of rotatable bonds is 3. The van der Waals surface area contributed by atoms with Gasteiger partial charge in [-0.2, -0.15) is 0 Å². The molecule has 0 aromatic carbocycles. The maximum absolute atomic E-state index is 10.2. The Kier molecular flexibility index (Phi) is 1.71. The van der Waals surface area contributed by atoms with Crippen LogP contribution in [0.15, 0.2) is 0 Å². The maximum atomic E-state index is 10.2. The Morgan fingerprint density at radius 2 is 2.33 bits per heavy atom. The molecule has 1 amide bonds. The normalized spacial score (nSPS) is 21.1. The van der Waals surface area contributed by atoms with Gasteiger partial charge in [-0.15, -0.1) is 0 Å². The lowest BCUT2D eigenvalue weighted by Crippen LogP contribution is -2.33. The van der Waals surface area contributed by atoms with Crippen LogP contribution in [-0.2, 0) is 4.79 Å². The number of carbonyl (C=O) groups excluding carboxylic acids is 1. The Morgan fingerprint density at radius 3 is 2.44 bits per heavy atom. The van der Waals surface area contributed by atoms with Crippen LogP contribution in [0.1, 0.15) is 12.8 Å².